The van der Waals surface area contributed by atoms with Gasteiger partial charge in [-0.25, -0.2) is 0 Å². The van der Waals surface area contributed by atoms with Crippen LogP contribution in [0.5, 0.6) is 5.75 Å². The fourth-order valence-corrected chi connectivity index (χ4v) is 3.57. The predicted octanol–water partition coefficient (Wildman–Crippen LogP) is 1.95. The number of ether oxygens (including phenoxy) is 3. The van der Waals surface area contributed by atoms with E-state index in [9.17, 15) is 9.59 Å². The van der Waals surface area contributed by atoms with E-state index in [4.69, 9.17) is 14.2 Å². The highest BCUT2D eigenvalue weighted by Crippen LogP contribution is 2.16. The topological polar surface area (TPSA) is 68.3 Å². The molecule has 2 aliphatic rings. The molecule has 2 aliphatic heterocycles. The van der Waals surface area contributed by atoms with Crippen molar-refractivity contribution in [3.63, 3.8) is 0 Å². The van der Waals surface area contributed by atoms with Gasteiger partial charge in [-0.15, -0.1) is 0 Å². The summed E-state index contributed by atoms with van der Waals surface area (Å²) in [6.45, 7) is 5.12. The Morgan fingerprint density at radius 2 is 1.79 bits per heavy atom. The van der Waals surface area contributed by atoms with Gasteiger partial charge in [-0.3, -0.25) is 9.59 Å². The predicted molar refractivity (Wildman–Crippen MR) is 104 cm³/mol. The number of nitrogens with zero attached hydrogens (tertiary/aromatic N) is 2. The number of carbonyl (C=O) groups excluding carboxylic acids is 2. The molecule has 2 amide bonds. The van der Waals surface area contributed by atoms with Gasteiger partial charge in [0, 0.05) is 38.3 Å². The van der Waals surface area contributed by atoms with Gasteiger partial charge in [-0.2, -0.15) is 0 Å². The fraction of sp³-hybridized carbons (Fsp3) is 0.619. The molecule has 2 saturated heterocycles. The Kier molecular flexibility index (Phi) is 7.28. The Labute approximate surface area is 166 Å². The van der Waals surface area contributed by atoms with Gasteiger partial charge in [0.25, 0.3) is 11.8 Å². The van der Waals surface area contributed by atoms with Gasteiger partial charge in [-0.1, -0.05) is 0 Å². The van der Waals surface area contributed by atoms with Crippen LogP contribution in [0.15, 0.2) is 24.3 Å². The van der Waals surface area contributed by atoms with Gasteiger partial charge in [0.2, 0.25) is 0 Å². The van der Waals surface area contributed by atoms with Crippen LogP contribution < -0.4 is 4.74 Å². The number of benzene rings is 1. The molecule has 0 aromatic heterocycles. The molecule has 1 aromatic carbocycles. The third-order valence-corrected chi connectivity index (χ3v) is 5.37. The molecular formula is C21H30N2O5. The molecule has 2 unspecified atom stereocenters. The Bertz CT molecular complexity index is 649. The van der Waals surface area contributed by atoms with Crippen molar-refractivity contribution in [2.24, 2.45) is 0 Å². The van der Waals surface area contributed by atoms with Crippen LogP contribution in [0.1, 0.15) is 36.5 Å². The maximum absolute atomic E-state index is 12.6. The van der Waals surface area contributed by atoms with Crippen LogP contribution in [-0.2, 0) is 14.3 Å². The second-order valence-corrected chi connectivity index (χ2v) is 7.31. The van der Waals surface area contributed by atoms with Crippen molar-refractivity contribution < 1.29 is 23.8 Å². The first-order valence-corrected chi connectivity index (χ1v) is 10.0. The van der Waals surface area contributed by atoms with Gasteiger partial charge in [0.15, 0.2) is 0 Å². The number of carbonyl (C=O) groups is 2. The van der Waals surface area contributed by atoms with Gasteiger partial charge < -0.3 is 24.0 Å². The second kappa shape index (κ2) is 9.89. The average Bonchev–Trinajstić information content (AvgIpc) is 2.77. The largest absolute Gasteiger partial charge is 0.497 e. The van der Waals surface area contributed by atoms with E-state index in [-0.39, 0.29) is 17.9 Å². The summed E-state index contributed by atoms with van der Waals surface area (Å²) in [6, 6.07) is 7.09. The summed E-state index contributed by atoms with van der Waals surface area (Å²) in [7, 11) is 1.60. The first-order chi connectivity index (χ1) is 13.6. The lowest BCUT2D eigenvalue weighted by Gasteiger charge is -2.36. The molecule has 1 aromatic rings. The summed E-state index contributed by atoms with van der Waals surface area (Å²) in [5, 5.41) is 0. The lowest BCUT2D eigenvalue weighted by Crippen LogP contribution is -2.53. The summed E-state index contributed by atoms with van der Waals surface area (Å²) >= 11 is 0. The van der Waals surface area contributed by atoms with Gasteiger partial charge in [0.05, 0.1) is 19.8 Å². The molecule has 0 aliphatic carbocycles. The van der Waals surface area contributed by atoms with E-state index in [1.807, 2.05) is 0 Å². The molecular weight excluding hydrogens is 360 g/mol. The van der Waals surface area contributed by atoms with Crippen molar-refractivity contribution >= 4 is 11.8 Å². The number of amides is 2. The smallest absolute Gasteiger partial charge is 0.253 e. The molecule has 7 heteroatoms. The Morgan fingerprint density at radius 1 is 1.11 bits per heavy atom. The van der Waals surface area contributed by atoms with Gasteiger partial charge in [-0.05, 0) is 50.5 Å². The molecule has 2 atom stereocenters. The van der Waals surface area contributed by atoms with Gasteiger partial charge in [0.1, 0.15) is 11.9 Å². The van der Waals surface area contributed by atoms with E-state index in [2.05, 4.69) is 0 Å². The highest BCUT2D eigenvalue weighted by Gasteiger charge is 2.28. The summed E-state index contributed by atoms with van der Waals surface area (Å²) in [6.07, 6.45) is 2.86. The van der Waals surface area contributed by atoms with Crippen molar-refractivity contribution in [1.29, 1.82) is 0 Å². The zero-order chi connectivity index (χ0) is 19.9. The van der Waals surface area contributed by atoms with E-state index in [0.29, 0.717) is 38.3 Å². The van der Waals surface area contributed by atoms with Crippen LogP contribution in [0.4, 0.5) is 0 Å². The summed E-state index contributed by atoms with van der Waals surface area (Å²) in [5.74, 6) is 0.681. The molecule has 0 saturated carbocycles. The van der Waals surface area contributed by atoms with E-state index in [1.165, 1.54) is 0 Å². The first kappa shape index (κ1) is 20.6. The normalized spacial score (nSPS) is 21.3. The zero-order valence-electron chi connectivity index (χ0n) is 16.8. The third-order valence-electron chi connectivity index (χ3n) is 5.37. The third kappa shape index (κ3) is 5.23. The van der Waals surface area contributed by atoms with E-state index in [1.54, 1.807) is 48.1 Å². The van der Waals surface area contributed by atoms with Crippen molar-refractivity contribution in [2.75, 3.05) is 46.5 Å². The lowest BCUT2D eigenvalue weighted by atomic mass is 10.1. The van der Waals surface area contributed by atoms with Crippen molar-refractivity contribution in [3.8, 4) is 5.75 Å². The fourth-order valence-electron chi connectivity index (χ4n) is 3.57. The Morgan fingerprint density at radius 3 is 2.39 bits per heavy atom. The zero-order valence-corrected chi connectivity index (χ0v) is 16.8. The summed E-state index contributed by atoms with van der Waals surface area (Å²) < 4.78 is 16.5. The molecule has 0 spiro atoms. The monoisotopic (exact) mass is 390 g/mol. The molecule has 7 nitrogen and oxygen atoms in total. The summed E-state index contributed by atoms with van der Waals surface area (Å²) in [4.78, 5) is 28.8. The minimum absolute atomic E-state index is 0.0199. The van der Waals surface area contributed by atoms with Crippen molar-refractivity contribution in [1.82, 2.24) is 9.80 Å². The van der Waals surface area contributed by atoms with Gasteiger partial charge >= 0.3 is 0 Å². The minimum atomic E-state index is -0.491. The molecule has 154 valence electrons. The lowest BCUT2D eigenvalue weighted by molar-refractivity contribution is -0.147. The quantitative estimate of drug-likeness (QED) is 0.743. The first-order valence-electron chi connectivity index (χ1n) is 10.0. The Hall–Kier alpha value is -2.12. The van der Waals surface area contributed by atoms with Crippen LogP contribution in [0, 0.1) is 0 Å². The highest BCUT2D eigenvalue weighted by molar-refractivity contribution is 5.94. The summed E-state index contributed by atoms with van der Waals surface area (Å²) in [5.41, 5.74) is 0.629. The number of rotatable bonds is 6. The molecule has 28 heavy (non-hydrogen) atoms. The SMILES string of the molecule is COc1ccc(C(=O)N2CCN(C(=O)C(C)OCC3CCCCO3)CC2)cc1. The van der Waals surface area contributed by atoms with Crippen LogP contribution in [0.25, 0.3) is 0 Å². The number of piperazine rings is 1. The number of hydrogen-bond acceptors (Lipinski definition) is 5. The average molecular weight is 390 g/mol. The number of hydrogen-bond donors (Lipinski definition) is 0. The van der Waals surface area contributed by atoms with E-state index in [0.717, 1.165) is 31.6 Å². The van der Waals surface area contributed by atoms with E-state index >= 15 is 0 Å². The molecule has 2 fully saturated rings. The minimum Gasteiger partial charge on any atom is -0.497 e. The highest BCUT2D eigenvalue weighted by atomic mass is 16.5. The molecule has 0 radical (unpaired) electrons. The maximum atomic E-state index is 12.6. The standard InChI is InChI=1S/C21H30N2O5/c1-16(28-15-19-5-3-4-14-27-19)20(24)22-10-12-23(13-11-22)21(25)17-6-8-18(26-2)9-7-17/h6-9,16,19H,3-5,10-15H2,1-2H3. The van der Waals surface area contributed by atoms with Crippen LogP contribution in [0.2, 0.25) is 0 Å². The van der Waals surface area contributed by atoms with Crippen LogP contribution >= 0.6 is 0 Å². The molecule has 3 rings (SSSR count). The second-order valence-electron chi connectivity index (χ2n) is 7.31. The van der Waals surface area contributed by atoms with Crippen molar-refractivity contribution in [3.05, 3.63) is 29.8 Å². The molecule has 2 heterocycles. The van der Waals surface area contributed by atoms with Crippen LogP contribution in [0.3, 0.4) is 0 Å². The molecule has 0 N–H and O–H groups in total. The molecule has 0 bridgehead atoms. The van der Waals surface area contributed by atoms with Crippen molar-refractivity contribution in [2.45, 2.75) is 38.4 Å². The van der Waals surface area contributed by atoms with E-state index < -0.39 is 6.10 Å². The number of methoxy groups -OCH3 is 1. The Balaban J connectivity index is 1.44. The van der Waals surface area contributed by atoms with Crippen LogP contribution in [-0.4, -0.2) is 80.3 Å². The maximum Gasteiger partial charge on any atom is 0.253 e.